The normalized spacial score (nSPS) is 18.1. The minimum absolute atomic E-state index is 0.0982. The number of carbonyl (C=O) groups excluding carboxylic acids is 1. The van der Waals surface area contributed by atoms with E-state index in [2.05, 4.69) is 20.9 Å². The number of halogens is 1. The molecule has 1 aliphatic heterocycles. The Morgan fingerprint density at radius 2 is 1.82 bits per heavy atom. The van der Waals surface area contributed by atoms with Crippen LogP contribution in [0.3, 0.4) is 0 Å². The van der Waals surface area contributed by atoms with Crippen molar-refractivity contribution in [3.8, 4) is 0 Å². The average molecular weight is 377 g/mol. The molecule has 1 amide bonds. The molecule has 0 aliphatic carbocycles. The summed E-state index contributed by atoms with van der Waals surface area (Å²) in [4.78, 5) is 15.6. The van der Waals surface area contributed by atoms with E-state index in [-0.39, 0.29) is 17.8 Å². The fourth-order valence-corrected chi connectivity index (χ4v) is 4.11. The lowest BCUT2D eigenvalue weighted by atomic mass is 10.0. The molecule has 1 aliphatic rings. The summed E-state index contributed by atoms with van der Waals surface area (Å²) in [5.41, 5.74) is 2.78. The summed E-state index contributed by atoms with van der Waals surface area (Å²) in [7, 11) is 2.04. The molecule has 28 heavy (non-hydrogen) atoms. The number of hydrogen-bond donors (Lipinski definition) is 1. The predicted molar refractivity (Wildman–Crippen MR) is 108 cm³/mol. The maximum absolute atomic E-state index is 13.3. The molecule has 4 rings (SSSR count). The quantitative estimate of drug-likeness (QED) is 0.701. The molecule has 0 radical (unpaired) electrons. The minimum atomic E-state index is -0.409. The Balaban J connectivity index is 1.66. The maximum Gasteiger partial charge on any atom is 0.246 e. The number of anilines is 1. The van der Waals surface area contributed by atoms with Gasteiger partial charge in [0.1, 0.15) is 11.9 Å². The van der Waals surface area contributed by atoms with Crippen molar-refractivity contribution >= 4 is 11.6 Å². The molecule has 1 fully saturated rings. The zero-order valence-electron chi connectivity index (χ0n) is 15.9. The van der Waals surface area contributed by atoms with Crippen LogP contribution in [0.15, 0.2) is 72.9 Å². The van der Waals surface area contributed by atoms with E-state index in [4.69, 9.17) is 0 Å². The van der Waals surface area contributed by atoms with Crippen LogP contribution in [0.2, 0.25) is 0 Å². The van der Waals surface area contributed by atoms with Crippen LogP contribution in [0.25, 0.3) is 0 Å². The number of carbonyl (C=O) groups is 1. The molecular weight excluding hydrogens is 353 g/mol. The Morgan fingerprint density at radius 1 is 1.07 bits per heavy atom. The van der Waals surface area contributed by atoms with Crippen LogP contribution in [0, 0.1) is 5.82 Å². The van der Waals surface area contributed by atoms with Crippen molar-refractivity contribution < 1.29 is 9.18 Å². The molecule has 2 heterocycles. The van der Waals surface area contributed by atoms with Gasteiger partial charge in [-0.1, -0.05) is 30.3 Å². The number of likely N-dealkylation sites (tertiary alicyclic amines) is 1. The van der Waals surface area contributed by atoms with Gasteiger partial charge in [-0.05, 0) is 61.3 Å². The second kappa shape index (κ2) is 7.98. The van der Waals surface area contributed by atoms with Gasteiger partial charge in [0.25, 0.3) is 0 Å². The largest absolute Gasteiger partial charge is 0.353 e. The molecule has 4 nitrogen and oxygen atoms in total. The lowest BCUT2D eigenvalue weighted by molar-refractivity contribution is -0.122. The number of aryl methyl sites for hydroxylation is 1. The summed E-state index contributed by atoms with van der Waals surface area (Å²) >= 11 is 0. The van der Waals surface area contributed by atoms with E-state index < -0.39 is 6.04 Å². The molecule has 3 aromatic rings. The molecule has 2 aromatic carbocycles. The van der Waals surface area contributed by atoms with Crippen LogP contribution in [0.4, 0.5) is 10.1 Å². The standard InChI is InChI=1S/C23H24FN3O/c1-26-15-5-9-20(26)21-10-6-16-27(21)22(17-7-3-2-4-8-17)23(28)25-19-13-11-18(24)12-14-19/h2-5,7-9,11-15,21-22H,6,10,16H2,1H3,(H,25,28). The van der Waals surface area contributed by atoms with E-state index >= 15 is 0 Å². The molecule has 2 unspecified atom stereocenters. The van der Waals surface area contributed by atoms with E-state index in [9.17, 15) is 9.18 Å². The Morgan fingerprint density at radius 3 is 2.50 bits per heavy atom. The SMILES string of the molecule is Cn1cccc1C1CCCN1C(C(=O)Nc1ccc(F)cc1)c1ccccc1. The molecule has 0 bridgehead atoms. The number of aromatic nitrogens is 1. The van der Waals surface area contributed by atoms with Crippen molar-refractivity contribution in [1.82, 2.24) is 9.47 Å². The van der Waals surface area contributed by atoms with E-state index in [0.717, 1.165) is 24.9 Å². The molecule has 2 atom stereocenters. The van der Waals surface area contributed by atoms with Crippen LogP contribution in [-0.2, 0) is 11.8 Å². The third kappa shape index (κ3) is 3.71. The van der Waals surface area contributed by atoms with Gasteiger partial charge in [-0.25, -0.2) is 4.39 Å². The first-order chi connectivity index (χ1) is 13.6. The zero-order chi connectivity index (χ0) is 19.5. The minimum Gasteiger partial charge on any atom is -0.353 e. The van der Waals surface area contributed by atoms with Crippen LogP contribution in [-0.4, -0.2) is 21.9 Å². The fourth-order valence-electron chi connectivity index (χ4n) is 4.11. The average Bonchev–Trinajstić information content (AvgIpc) is 3.33. The Kier molecular flexibility index (Phi) is 5.26. The van der Waals surface area contributed by atoms with Crippen LogP contribution in [0.1, 0.15) is 36.2 Å². The fraction of sp³-hybridized carbons (Fsp3) is 0.261. The third-order valence-electron chi connectivity index (χ3n) is 5.43. The van der Waals surface area contributed by atoms with Crippen LogP contribution < -0.4 is 5.32 Å². The van der Waals surface area contributed by atoms with Gasteiger partial charge in [0, 0.05) is 24.6 Å². The van der Waals surface area contributed by atoms with Gasteiger partial charge >= 0.3 is 0 Å². The van der Waals surface area contributed by atoms with Crippen molar-refractivity contribution in [2.24, 2.45) is 7.05 Å². The topological polar surface area (TPSA) is 37.3 Å². The van der Waals surface area contributed by atoms with Crippen LogP contribution in [0.5, 0.6) is 0 Å². The number of hydrogen-bond acceptors (Lipinski definition) is 2. The van der Waals surface area contributed by atoms with E-state index in [1.54, 1.807) is 12.1 Å². The van der Waals surface area contributed by atoms with E-state index in [1.165, 1.54) is 17.8 Å². The summed E-state index contributed by atoms with van der Waals surface area (Å²) in [6.45, 7) is 0.853. The molecule has 1 N–H and O–H groups in total. The molecule has 0 saturated carbocycles. The summed E-state index contributed by atoms with van der Waals surface area (Å²) in [5, 5.41) is 2.97. The lowest BCUT2D eigenvalue weighted by Gasteiger charge is -2.33. The number of benzene rings is 2. The van der Waals surface area contributed by atoms with Crippen LogP contribution >= 0.6 is 0 Å². The Labute approximate surface area is 164 Å². The van der Waals surface area contributed by atoms with E-state index in [1.807, 2.05) is 49.6 Å². The highest BCUT2D eigenvalue weighted by Gasteiger charge is 2.37. The van der Waals surface area contributed by atoms with Crippen molar-refractivity contribution in [3.05, 3.63) is 90.0 Å². The Bertz CT molecular complexity index is 936. The lowest BCUT2D eigenvalue weighted by Crippen LogP contribution is -2.37. The first-order valence-electron chi connectivity index (χ1n) is 9.62. The zero-order valence-corrected chi connectivity index (χ0v) is 15.9. The summed E-state index contributed by atoms with van der Waals surface area (Å²) < 4.78 is 15.3. The van der Waals surface area contributed by atoms with Gasteiger partial charge in [-0.2, -0.15) is 0 Å². The second-order valence-corrected chi connectivity index (χ2v) is 7.25. The highest BCUT2D eigenvalue weighted by molar-refractivity contribution is 5.95. The molecule has 5 heteroatoms. The van der Waals surface area contributed by atoms with Gasteiger partial charge in [0.05, 0.1) is 6.04 Å². The van der Waals surface area contributed by atoms with Gasteiger partial charge in [-0.3, -0.25) is 9.69 Å². The van der Waals surface area contributed by atoms with Crippen molar-refractivity contribution in [2.75, 3.05) is 11.9 Å². The summed E-state index contributed by atoms with van der Waals surface area (Å²) in [5.74, 6) is -0.417. The first kappa shape index (κ1) is 18.4. The molecule has 144 valence electrons. The highest BCUT2D eigenvalue weighted by Crippen LogP contribution is 2.39. The first-order valence-corrected chi connectivity index (χ1v) is 9.62. The number of nitrogens with zero attached hydrogens (tertiary/aromatic N) is 2. The third-order valence-corrected chi connectivity index (χ3v) is 5.43. The summed E-state index contributed by atoms with van der Waals surface area (Å²) in [6, 6.07) is 19.7. The number of rotatable bonds is 5. The van der Waals surface area contributed by atoms with Gasteiger partial charge in [0.15, 0.2) is 0 Å². The van der Waals surface area contributed by atoms with Gasteiger partial charge in [-0.15, -0.1) is 0 Å². The maximum atomic E-state index is 13.3. The smallest absolute Gasteiger partial charge is 0.246 e. The van der Waals surface area contributed by atoms with Crippen molar-refractivity contribution in [1.29, 1.82) is 0 Å². The molecule has 0 spiro atoms. The molecule has 1 saturated heterocycles. The Hall–Kier alpha value is -2.92. The predicted octanol–water partition coefficient (Wildman–Crippen LogP) is 4.68. The van der Waals surface area contributed by atoms with Gasteiger partial charge in [0.2, 0.25) is 5.91 Å². The van der Waals surface area contributed by atoms with Gasteiger partial charge < -0.3 is 9.88 Å². The monoisotopic (exact) mass is 377 g/mol. The molecular formula is C23H24FN3O. The summed E-state index contributed by atoms with van der Waals surface area (Å²) in [6.07, 6.45) is 4.11. The van der Waals surface area contributed by atoms with E-state index in [0.29, 0.717) is 5.69 Å². The number of nitrogens with one attached hydrogen (secondary N) is 1. The highest BCUT2D eigenvalue weighted by atomic mass is 19.1. The van der Waals surface area contributed by atoms with Crippen molar-refractivity contribution in [2.45, 2.75) is 24.9 Å². The second-order valence-electron chi connectivity index (χ2n) is 7.25. The molecule has 1 aromatic heterocycles. The number of amides is 1. The van der Waals surface area contributed by atoms with Crippen molar-refractivity contribution in [3.63, 3.8) is 0 Å².